The minimum Gasteiger partial charge on any atom is -0.342 e. The highest BCUT2D eigenvalue weighted by molar-refractivity contribution is 5.94. The average Bonchev–Trinajstić information content (AvgIpc) is 3.03. The van der Waals surface area contributed by atoms with Crippen molar-refractivity contribution in [3.8, 4) is 0 Å². The minimum atomic E-state index is -0.503. The van der Waals surface area contributed by atoms with Crippen molar-refractivity contribution in [2.75, 3.05) is 26.2 Å². The van der Waals surface area contributed by atoms with Crippen LogP contribution in [0.5, 0.6) is 0 Å². The third kappa shape index (κ3) is 4.47. The van der Waals surface area contributed by atoms with Crippen LogP contribution in [0.15, 0.2) is 48.8 Å². The van der Waals surface area contributed by atoms with Gasteiger partial charge in [0.2, 0.25) is 5.91 Å². The Kier molecular flexibility index (Phi) is 5.60. The topological polar surface area (TPSA) is 53.5 Å². The Bertz CT molecular complexity index is 879. The van der Waals surface area contributed by atoms with Gasteiger partial charge in [-0.1, -0.05) is 30.3 Å². The van der Waals surface area contributed by atoms with Gasteiger partial charge in [-0.05, 0) is 37.3 Å². The first kappa shape index (κ1) is 19.6. The maximum atomic E-state index is 13.4. The first-order chi connectivity index (χ1) is 14.0. The smallest absolute Gasteiger partial charge is 0.255 e. The molecule has 2 fully saturated rings. The van der Waals surface area contributed by atoms with Gasteiger partial charge in [0.15, 0.2) is 0 Å². The molecule has 1 spiro atoms. The Balaban J connectivity index is 1.29. The van der Waals surface area contributed by atoms with Crippen LogP contribution in [0.2, 0.25) is 0 Å². The van der Waals surface area contributed by atoms with Crippen LogP contribution in [-0.4, -0.2) is 52.8 Å². The molecule has 0 radical (unpaired) electrons. The van der Waals surface area contributed by atoms with Crippen molar-refractivity contribution in [1.82, 2.24) is 14.8 Å². The Labute approximate surface area is 170 Å². The Hall–Kier alpha value is -2.76. The molecule has 0 unspecified atom stereocenters. The number of nitrogens with zero attached hydrogens (tertiary/aromatic N) is 3. The van der Waals surface area contributed by atoms with Crippen LogP contribution >= 0.6 is 0 Å². The number of hydrogen-bond acceptors (Lipinski definition) is 3. The number of hydrogen-bond donors (Lipinski definition) is 0. The van der Waals surface area contributed by atoms with Gasteiger partial charge in [0.05, 0.1) is 11.8 Å². The van der Waals surface area contributed by atoms with Gasteiger partial charge in [0.25, 0.3) is 5.91 Å². The number of likely N-dealkylation sites (tertiary alicyclic amines) is 2. The number of piperidine rings is 1. The lowest BCUT2D eigenvalue weighted by molar-refractivity contribution is -0.127. The summed E-state index contributed by atoms with van der Waals surface area (Å²) < 4.78 is 13.4. The number of pyridine rings is 1. The van der Waals surface area contributed by atoms with Crippen molar-refractivity contribution < 1.29 is 14.0 Å². The van der Waals surface area contributed by atoms with Gasteiger partial charge in [-0.3, -0.25) is 14.6 Å². The minimum absolute atomic E-state index is 0.0270. The van der Waals surface area contributed by atoms with Crippen molar-refractivity contribution >= 4 is 11.8 Å². The van der Waals surface area contributed by atoms with Crippen molar-refractivity contribution in [3.05, 3.63) is 65.7 Å². The molecule has 2 aromatic rings. The summed E-state index contributed by atoms with van der Waals surface area (Å²) >= 11 is 0. The highest BCUT2D eigenvalue weighted by Gasteiger charge is 2.45. The third-order valence-corrected chi connectivity index (χ3v) is 6.20. The van der Waals surface area contributed by atoms with Crippen molar-refractivity contribution in [2.45, 2.75) is 32.1 Å². The van der Waals surface area contributed by atoms with Crippen LogP contribution in [0, 0.1) is 11.2 Å². The van der Waals surface area contributed by atoms with Gasteiger partial charge < -0.3 is 9.80 Å². The summed E-state index contributed by atoms with van der Waals surface area (Å²) in [6, 6.07) is 11.6. The number of carbonyl (C=O) groups excluding carboxylic acids is 2. The van der Waals surface area contributed by atoms with E-state index in [-0.39, 0.29) is 22.8 Å². The van der Waals surface area contributed by atoms with Gasteiger partial charge in [-0.2, -0.15) is 0 Å². The summed E-state index contributed by atoms with van der Waals surface area (Å²) in [5.74, 6) is -0.458. The van der Waals surface area contributed by atoms with Gasteiger partial charge in [0, 0.05) is 44.2 Å². The lowest BCUT2D eigenvalue weighted by Gasteiger charge is -2.38. The summed E-state index contributed by atoms with van der Waals surface area (Å²) in [4.78, 5) is 32.7. The van der Waals surface area contributed by atoms with E-state index in [1.807, 2.05) is 23.1 Å². The van der Waals surface area contributed by atoms with E-state index in [0.29, 0.717) is 19.5 Å². The summed E-state index contributed by atoms with van der Waals surface area (Å²) in [7, 11) is 0. The molecule has 1 aromatic heterocycles. The molecule has 5 nitrogen and oxygen atoms in total. The lowest BCUT2D eigenvalue weighted by atomic mass is 9.77. The van der Waals surface area contributed by atoms with E-state index in [1.54, 1.807) is 4.90 Å². The number of carbonyl (C=O) groups is 2. The van der Waals surface area contributed by atoms with Crippen molar-refractivity contribution in [2.24, 2.45) is 5.41 Å². The number of rotatable bonds is 5. The predicted molar refractivity (Wildman–Crippen MR) is 108 cm³/mol. The van der Waals surface area contributed by atoms with Crippen LogP contribution in [0.1, 0.15) is 41.6 Å². The molecule has 0 atom stereocenters. The fourth-order valence-corrected chi connectivity index (χ4v) is 4.53. The largest absolute Gasteiger partial charge is 0.342 e. The lowest BCUT2D eigenvalue weighted by Crippen LogP contribution is -2.44. The predicted octanol–water partition coefficient (Wildman–Crippen LogP) is 3.31. The Morgan fingerprint density at radius 3 is 2.62 bits per heavy atom. The number of aryl methyl sites for hydroxylation is 1. The second-order valence-electron chi connectivity index (χ2n) is 8.27. The first-order valence-electron chi connectivity index (χ1n) is 10.3. The standard InChI is InChI=1S/C23H26FN3O2/c24-20-13-19(15-25-16-20)22(29)26-11-8-23(9-12-26)14-21(28)27(17-23)10-4-7-18-5-2-1-3-6-18/h1-3,5-6,13,15-16H,4,7-12,14,17H2. The molecule has 2 aliphatic heterocycles. The maximum Gasteiger partial charge on any atom is 0.255 e. The van der Waals surface area contributed by atoms with E-state index in [0.717, 1.165) is 45.0 Å². The SMILES string of the molecule is O=C1CC2(CCN(C(=O)c3cncc(F)c3)CC2)CN1CCCc1ccccc1. The van der Waals surface area contributed by atoms with E-state index in [1.165, 1.54) is 17.8 Å². The number of halogens is 1. The highest BCUT2D eigenvalue weighted by Crippen LogP contribution is 2.41. The highest BCUT2D eigenvalue weighted by atomic mass is 19.1. The Morgan fingerprint density at radius 2 is 1.90 bits per heavy atom. The fourth-order valence-electron chi connectivity index (χ4n) is 4.53. The summed E-state index contributed by atoms with van der Waals surface area (Å²) in [5, 5.41) is 0. The molecule has 6 heteroatoms. The molecule has 4 rings (SSSR count). The zero-order valence-electron chi connectivity index (χ0n) is 16.5. The van der Waals surface area contributed by atoms with E-state index < -0.39 is 5.82 Å². The molecule has 3 heterocycles. The molecule has 1 aromatic carbocycles. The van der Waals surface area contributed by atoms with Crippen molar-refractivity contribution in [1.29, 1.82) is 0 Å². The van der Waals surface area contributed by atoms with Gasteiger partial charge in [0.1, 0.15) is 5.82 Å². The van der Waals surface area contributed by atoms with E-state index in [2.05, 4.69) is 17.1 Å². The van der Waals surface area contributed by atoms with E-state index in [9.17, 15) is 14.0 Å². The molecule has 152 valence electrons. The summed E-state index contributed by atoms with van der Waals surface area (Å²) in [6.07, 6.45) is 6.62. The molecular formula is C23H26FN3O2. The van der Waals surface area contributed by atoms with Gasteiger partial charge in [-0.25, -0.2) is 4.39 Å². The third-order valence-electron chi connectivity index (χ3n) is 6.20. The van der Waals surface area contributed by atoms with Crippen LogP contribution in [0.4, 0.5) is 4.39 Å². The first-order valence-corrected chi connectivity index (χ1v) is 10.3. The molecule has 2 saturated heterocycles. The van der Waals surface area contributed by atoms with Crippen LogP contribution in [0.3, 0.4) is 0 Å². The molecule has 2 amide bonds. The van der Waals surface area contributed by atoms with Crippen molar-refractivity contribution in [3.63, 3.8) is 0 Å². The van der Waals surface area contributed by atoms with Crippen LogP contribution in [-0.2, 0) is 11.2 Å². The average molecular weight is 395 g/mol. The Morgan fingerprint density at radius 1 is 1.14 bits per heavy atom. The van der Waals surface area contributed by atoms with Crippen LogP contribution < -0.4 is 0 Å². The zero-order valence-corrected chi connectivity index (χ0v) is 16.5. The number of aromatic nitrogens is 1. The molecule has 0 N–H and O–H groups in total. The quantitative estimate of drug-likeness (QED) is 0.781. The molecular weight excluding hydrogens is 369 g/mol. The number of benzene rings is 1. The molecule has 2 aliphatic rings. The molecule has 29 heavy (non-hydrogen) atoms. The molecule has 0 aliphatic carbocycles. The normalized spacial score (nSPS) is 18.4. The maximum absolute atomic E-state index is 13.4. The summed E-state index contributed by atoms with van der Waals surface area (Å²) in [6.45, 7) is 2.76. The second kappa shape index (κ2) is 8.31. The molecule has 0 bridgehead atoms. The van der Waals surface area contributed by atoms with E-state index >= 15 is 0 Å². The van der Waals surface area contributed by atoms with Crippen LogP contribution in [0.25, 0.3) is 0 Å². The fraction of sp³-hybridized carbons (Fsp3) is 0.435. The zero-order chi connectivity index (χ0) is 20.3. The number of amides is 2. The van der Waals surface area contributed by atoms with Gasteiger partial charge >= 0.3 is 0 Å². The molecule has 0 saturated carbocycles. The van der Waals surface area contributed by atoms with Gasteiger partial charge in [-0.15, -0.1) is 0 Å². The summed E-state index contributed by atoms with van der Waals surface area (Å²) in [5.41, 5.74) is 1.55. The monoisotopic (exact) mass is 395 g/mol. The van der Waals surface area contributed by atoms with E-state index in [4.69, 9.17) is 0 Å². The second-order valence-corrected chi connectivity index (χ2v) is 8.27.